The van der Waals surface area contributed by atoms with Crippen molar-refractivity contribution in [1.29, 1.82) is 0 Å². The van der Waals surface area contributed by atoms with Gasteiger partial charge in [0.2, 0.25) is 4.77 Å². The van der Waals surface area contributed by atoms with Crippen LogP contribution in [0.3, 0.4) is 0 Å². The summed E-state index contributed by atoms with van der Waals surface area (Å²) in [6.07, 6.45) is 0. The predicted octanol–water partition coefficient (Wildman–Crippen LogP) is 7.39. The van der Waals surface area contributed by atoms with Crippen molar-refractivity contribution in [1.82, 2.24) is 14.9 Å². The largest absolute Gasteiger partial charge is 0.488 e. The van der Waals surface area contributed by atoms with Gasteiger partial charge in [-0.1, -0.05) is 89.9 Å². The topological polar surface area (TPSA) is 54.9 Å². The highest BCUT2D eigenvalue weighted by Crippen LogP contribution is 2.31. The molecule has 0 saturated carbocycles. The molecule has 4 aromatic carbocycles. The molecule has 0 bridgehead atoms. The van der Waals surface area contributed by atoms with Crippen LogP contribution in [0.1, 0.15) is 11.1 Å². The van der Waals surface area contributed by atoms with E-state index < -0.39 is 0 Å². The molecular formula is C26H20Cl2N4OS. The second-order valence-corrected chi connectivity index (χ2v) is 8.84. The number of aromatic amines is 1. The fourth-order valence-corrected chi connectivity index (χ4v) is 4.54. The number of fused-ring (bicyclic) bond motifs is 1. The van der Waals surface area contributed by atoms with Crippen LogP contribution in [0.15, 0.2) is 84.9 Å². The number of ether oxygens (including phenoxy) is 1. The molecule has 8 heteroatoms. The van der Waals surface area contributed by atoms with Crippen LogP contribution in [0.25, 0.3) is 22.2 Å². The van der Waals surface area contributed by atoms with Crippen molar-refractivity contribution < 1.29 is 4.74 Å². The lowest BCUT2D eigenvalue weighted by atomic mass is 10.0. The Morgan fingerprint density at radius 3 is 2.38 bits per heavy atom. The predicted molar refractivity (Wildman–Crippen MR) is 141 cm³/mol. The molecule has 5 nitrogen and oxygen atoms in total. The summed E-state index contributed by atoms with van der Waals surface area (Å²) in [6.45, 7) is 0.713. The second kappa shape index (κ2) is 9.89. The number of aromatic nitrogens is 3. The van der Waals surface area contributed by atoms with Gasteiger partial charge in [-0.25, -0.2) is 9.77 Å². The van der Waals surface area contributed by atoms with Crippen LogP contribution >= 0.6 is 35.4 Å². The molecule has 0 unspecified atom stereocenters. The minimum absolute atomic E-state index is 0.254. The highest BCUT2D eigenvalue weighted by molar-refractivity contribution is 7.71. The first kappa shape index (κ1) is 22.5. The Bertz CT molecular complexity index is 1490. The van der Waals surface area contributed by atoms with Gasteiger partial charge in [0.15, 0.2) is 5.82 Å². The van der Waals surface area contributed by atoms with Crippen LogP contribution in [0.2, 0.25) is 10.0 Å². The van der Waals surface area contributed by atoms with Gasteiger partial charge in [0.1, 0.15) is 12.4 Å². The van der Waals surface area contributed by atoms with Gasteiger partial charge in [-0.3, -0.25) is 0 Å². The van der Waals surface area contributed by atoms with Crippen molar-refractivity contribution >= 4 is 46.2 Å². The van der Waals surface area contributed by atoms with E-state index in [0.29, 0.717) is 27.2 Å². The van der Waals surface area contributed by atoms with Crippen LogP contribution in [-0.4, -0.2) is 14.9 Å². The fraction of sp³-hybridized carbons (Fsp3) is 0.0769. The maximum atomic E-state index is 6.35. The zero-order chi connectivity index (χ0) is 23.5. The second-order valence-electron chi connectivity index (χ2n) is 7.64. The van der Waals surface area contributed by atoms with Gasteiger partial charge in [0.05, 0.1) is 6.54 Å². The number of hydrogen-bond acceptors (Lipinski definition) is 4. The number of nitrogens with one attached hydrogen (secondary N) is 2. The van der Waals surface area contributed by atoms with Gasteiger partial charge >= 0.3 is 0 Å². The van der Waals surface area contributed by atoms with Crippen molar-refractivity contribution in [2.24, 2.45) is 0 Å². The molecule has 0 amide bonds. The van der Waals surface area contributed by atoms with Gasteiger partial charge in [-0.15, -0.1) is 0 Å². The lowest BCUT2D eigenvalue weighted by molar-refractivity contribution is 0.304. The zero-order valence-corrected chi connectivity index (χ0v) is 20.3. The summed E-state index contributed by atoms with van der Waals surface area (Å²) >= 11 is 18.2. The average molecular weight is 507 g/mol. The Morgan fingerprint density at radius 2 is 1.59 bits per heavy atom. The quantitative estimate of drug-likeness (QED) is 0.226. The molecule has 34 heavy (non-hydrogen) atoms. The molecule has 1 aromatic heterocycles. The van der Waals surface area contributed by atoms with Gasteiger partial charge < -0.3 is 10.2 Å². The maximum Gasteiger partial charge on any atom is 0.214 e. The zero-order valence-electron chi connectivity index (χ0n) is 18.0. The summed E-state index contributed by atoms with van der Waals surface area (Å²) in [5.41, 5.74) is 6.11. The van der Waals surface area contributed by atoms with Crippen molar-refractivity contribution in [3.63, 3.8) is 0 Å². The van der Waals surface area contributed by atoms with Crippen LogP contribution in [-0.2, 0) is 13.2 Å². The van der Waals surface area contributed by atoms with Crippen LogP contribution < -0.4 is 10.2 Å². The Labute approximate surface area is 211 Å². The van der Waals surface area contributed by atoms with E-state index in [-0.39, 0.29) is 6.61 Å². The molecular weight excluding hydrogens is 487 g/mol. The number of halogens is 2. The van der Waals surface area contributed by atoms with E-state index in [1.54, 1.807) is 16.8 Å². The molecule has 0 fully saturated rings. The minimum atomic E-state index is 0.254. The van der Waals surface area contributed by atoms with E-state index in [0.717, 1.165) is 33.2 Å². The Kier molecular flexibility index (Phi) is 6.54. The Balaban J connectivity index is 1.49. The third-order valence-electron chi connectivity index (χ3n) is 5.55. The molecule has 2 N–H and O–H groups in total. The molecule has 0 spiro atoms. The molecule has 0 radical (unpaired) electrons. The molecule has 0 aliphatic rings. The van der Waals surface area contributed by atoms with E-state index in [2.05, 4.69) is 27.8 Å². The normalized spacial score (nSPS) is 11.0. The molecule has 0 atom stereocenters. The summed E-state index contributed by atoms with van der Waals surface area (Å²) in [4.78, 5) is 0. The van der Waals surface area contributed by atoms with Crippen LogP contribution in [0.4, 0.5) is 0 Å². The molecule has 170 valence electrons. The number of rotatable bonds is 7. The van der Waals surface area contributed by atoms with E-state index in [9.17, 15) is 0 Å². The summed E-state index contributed by atoms with van der Waals surface area (Å²) < 4.78 is 8.50. The third kappa shape index (κ3) is 4.53. The first-order valence-corrected chi connectivity index (χ1v) is 11.8. The van der Waals surface area contributed by atoms with E-state index >= 15 is 0 Å². The lowest BCUT2D eigenvalue weighted by Gasteiger charge is -2.17. The monoisotopic (exact) mass is 506 g/mol. The highest BCUT2D eigenvalue weighted by atomic mass is 35.5. The first-order valence-electron chi connectivity index (χ1n) is 10.6. The molecule has 0 saturated heterocycles. The minimum Gasteiger partial charge on any atom is -0.488 e. The van der Waals surface area contributed by atoms with Crippen molar-refractivity contribution in [3.05, 3.63) is 111 Å². The fourth-order valence-electron chi connectivity index (χ4n) is 3.84. The number of hydrogen-bond donors (Lipinski definition) is 2. The standard InChI is InChI=1S/C26H20Cl2N4OS/c27-22-11-6-12-23(28)21(22)16-33-24-14-13-17-7-4-5-10-19(17)20(24)15-29-32-25(30-31-26(32)34)18-8-2-1-3-9-18/h1-14,29H,15-16H2,(H,31,34). The molecule has 0 aliphatic heterocycles. The summed E-state index contributed by atoms with van der Waals surface area (Å²) in [6, 6.07) is 27.5. The molecule has 1 heterocycles. The summed E-state index contributed by atoms with van der Waals surface area (Å²) in [7, 11) is 0. The van der Waals surface area contributed by atoms with E-state index in [1.165, 1.54) is 0 Å². The highest BCUT2D eigenvalue weighted by Gasteiger charge is 2.14. The van der Waals surface area contributed by atoms with E-state index in [4.69, 9.17) is 40.2 Å². The molecule has 5 aromatic rings. The van der Waals surface area contributed by atoms with Gasteiger partial charge in [0.25, 0.3) is 0 Å². The van der Waals surface area contributed by atoms with Gasteiger partial charge in [-0.2, -0.15) is 5.10 Å². The SMILES string of the molecule is S=c1[nH]nc(-c2ccccc2)n1NCc1c(OCc2c(Cl)cccc2Cl)ccc2ccccc12. The van der Waals surface area contributed by atoms with Crippen LogP contribution in [0.5, 0.6) is 5.75 Å². The molecule has 0 aliphatic carbocycles. The van der Waals surface area contributed by atoms with Crippen LogP contribution in [0, 0.1) is 4.77 Å². The molecule has 5 rings (SSSR count). The number of nitrogens with zero attached hydrogens (tertiary/aromatic N) is 2. The van der Waals surface area contributed by atoms with Crippen molar-refractivity contribution in [3.8, 4) is 17.1 Å². The van der Waals surface area contributed by atoms with E-state index in [1.807, 2.05) is 60.7 Å². The first-order chi connectivity index (χ1) is 16.6. The van der Waals surface area contributed by atoms with Crippen molar-refractivity contribution in [2.45, 2.75) is 13.2 Å². The number of benzene rings is 4. The van der Waals surface area contributed by atoms with Gasteiger partial charge in [0, 0.05) is 26.7 Å². The Morgan fingerprint density at radius 1 is 0.853 bits per heavy atom. The number of H-pyrrole nitrogens is 1. The smallest absolute Gasteiger partial charge is 0.214 e. The van der Waals surface area contributed by atoms with Gasteiger partial charge in [-0.05, 0) is 41.2 Å². The summed E-state index contributed by atoms with van der Waals surface area (Å²) in [5.74, 6) is 1.44. The average Bonchev–Trinajstić information content (AvgIpc) is 3.23. The van der Waals surface area contributed by atoms with Crippen molar-refractivity contribution in [2.75, 3.05) is 5.43 Å². The maximum absolute atomic E-state index is 6.35. The lowest BCUT2D eigenvalue weighted by Crippen LogP contribution is -2.17. The Hall–Kier alpha value is -3.32. The summed E-state index contributed by atoms with van der Waals surface area (Å²) in [5, 5.41) is 10.6. The third-order valence-corrected chi connectivity index (χ3v) is 6.53.